The van der Waals surface area contributed by atoms with E-state index >= 15 is 0 Å². The molecule has 1 aliphatic rings. The molecular weight excluding hydrogens is 286 g/mol. The number of hydrogen-bond donors (Lipinski definition) is 1. The van der Waals surface area contributed by atoms with E-state index < -0.39 is 6.10 Å². The first-order valence-corrected chi connectivity index (χ1v) is 8.34. The lowest BCUT2D eigenvalue weighted by molar-refractivity contribution is -0.00347. The molecule has 0 bridgehead atoms. The number of likely N-dealkylation sites (tertiary alicyclic amines) is 1. The van der Waals surface area contributed by atoms with Crippen LogP contribution in [0.25, 0.3) is 0 Å². The van der Waals surface area contributed by atoms with Gasteiger partial charge in [0.05, 0.1) is 12.2 Å². The summed E-state index contributed by atoms with van der Waals surface area (Å²) in [7, 11) is 0. The van der Waals surface area contributed by atoms with E-state index in [9.17, 15) is 5.11 Å². The Hall–Kier alpha value is -0.610. The summed E-state index contributed by atoms with van der Waals surface area (Å²) >= 11 is 5.97. The van der Waals surface area contributed by atoms with Crippen molar-refractivity contribution in [3.8, 4) is 0 Å². The van der Waals surface area contributed by atoms with Gasteiger partial charge < -0.3 is 14.7 Å². The molecule has 0 saturated carbocycles. The van der Waals surface area contributed by atoms with E-state index in [0.717, 1.165) is 51.1 Å². The van der Waals surface area contributed by atoms with Crippen molar-refractivity contribution in [1.29, 1.82) is 0 Å². The first-order valence-electron chi connectivity index (χ1n) is 7.96. The number of nitrogens with zero attached hydrogens (tertiary/aromatic N) is 1. The summed E-state index contributed by atoms with van der Waals surface area (Å²) in [6.45, 7) is 5.99. The van der Waals surface area contributed by atoms with Gasteiger partial charge in [-0.25, -0.2) is 0 Å². The van der Waals surface area contributed by atoms with Gasteiger partial charge in [-0.2, -0.15) is 0 Å². The summed E-state index contributed by atoms with van der Waals surface area (Å²) in [5.74, 6) is 0. The molecule has 2 rings (SSSR count). The average molecular weight is 312 g/mol. The van der Waals surface area contributed by atoms with Crippen LogP contribution in [0.4, 0.5) is 0 Å². The third kappa shape index (κ3) is 5.59. The molecule has 1 aromatic rings. The molecule has 0 radical (unpaired) electrons. The van der Waals surface area contributed by atoms with Gasteiger partial charge in [-0.1, -0.05) is 30.7 Å². The Labute approximate surface area is 132 Å². The number of piperidine rings is 1. The lowest BCUT2D eigenvalue weighted by Crippen LogP contribution is -2.40. The van der Waals surface area contributed by atoms with Gasteiger partial charge in [-0.05, 0) is 49.9 Å². The molecule has 0 spiro atoms. The Balaban J connectivity index is 1.76. The molecule has 0 aromatic heterocycles. The minimum absolute atomic E-state index is 0.363. The Morgan fingerprint density at radius 2 is 2.33 bits per heavy atom. The lowest BCUT2D eigenvalue weighted by atomic mass is 10.0. The van der Waals surface area contributed by atoms with E-state index in [-0.39, 0.29) is 0 Å². The highest BCUT2D eigenvalue weighted by molar-refractivity contribution is 6.30. The molecule has 1 aromatic carbocycles. The molecule has 1 aliphatic heterocycles. The van der Waals surface area contributed by atoms with Crippen molar-refractivity contribution in [3.05, 3.63) is 34.9 Å². The molecule has 1 saturated heterocycles. The maximum atomic E-state index is 10.3. The summed E-state index contributed by atoms with van der Waals surface area (Å²) in [6, 6.07) is 7.49. The molecule has 0 aliphatic carbocycles. The summed E-state index contributed by atoms with van der Waals surface area (Å²) in [6.07, 6.45) is 4.07. The zero-order chi connectivity index (χ0) is 15.1. The van der Waals surface area contributed by atoms with Crippen LogP contribution in [0.1, 0.15) is 44.3 Å². The minimum atomic E-state index is -0.444. The Morgan fingerprint density at radius 1 is 1.48 bits per heavy atom. The molecule has 0 amide bonds. The van der Waals surface area contributed by atoms with Gasteiger partial charge in [0.25, 0.3) is 0 Å². The molecule has 4 heteroatoms. The smallest absolute Gasteiger partial charge is 0.0802 e. The normalized spacial score (nSPS) is 21.4. The van der Waals surface area contributed by atoms with Crippen molar-refractivity contribution in [2.75, 3.05) is 26.2 Å². The first-order chi connectivity index (χ1) is 10.2. The highest BCUT2D eigenvalue weighted by atomic mass is 35.5. The second-order valence-electron chi connectivity index (χ2n) is 5.80. The summed E-state index contributed by atoms with van der Waals surface area (Å²) in [5, 5.41) is 10.9. The van der Waals surface area contributed by atoms with Crippen LogP contribution in [0.3, 0.4) is 0 Å². The third-order valence-corrected chi connectivity index (χ3v) is 4.21. The number of rotatable bonds is 7. The van der Waals surface area contributed by atoms with Crippen molar-refractivity contribution in [2.45, 2.75) is 44.8 Å². The zero-order valence-corrected chi connectivity index (χ0v) is 13.6. The maximum Gasteiger partial charge on any atom is 0.0802 e. The van der Waals surface area contributed by atoms with Crippen LogP contribution in [0.5, 0.6) is 0 Å². The van der Waals surface area contributed by atoms with Crippen LogP contribution in [-0.2, 0) is 4.74 Å². The van der Waals surface area contributed by atoms with Crippen LogP contribution in [0, 0.1) is 0 Å². The number of aliphatic hydroxyl groups excluding tert-OH is 1. The zero-order valence-electron chi connectivity index (χ0n) is 12.8. The van der Waals surface area contributed by atoms with Crippen molar-refractivity contribution < 1.29 is 9.84 Å². The molecular formula is C17H26ClNO2. The summed E-state index contributed by atoms with van der Waals surface area (Å²) in [5.41, 5.74) is 0.901. The van der Waals surface area contributed by atoms with Crippen LogP contribution < -0.4 is 0 Å². The molecule has 21 heavy (non-hydrogen) atoms. The fourth-order valence-corrected chi connectivity index (χ4v) is 3.02. The second-order valence-corrected chi connectivity index (χ2v) is 6.23. The number of hydrogen-bond acceptors (Lipinski definition) is 3. The standard InChI is InChI=1S/C17H26ClNO2/c1-2-11-21-16-7-4-9-19(13-16)10-8-17(20)14-5-3-6-15(18)12-14/h3,5-6,12,16-17,20H,2,4,7-11,13H2,1H3. The predicted molar refractivity (Wildman–Crippen MR) is 86.7 cm³/mol. The fourth-order valence-electron chi connectivity index (χ4n) is 2.82. The average Bonchev–Trinajstić information content (AvgIpc) is 2.51. The number of ether oxygens (including phenoxy) is 1. The van der Waals surface area contributed by atoms with E-state index in [1.165, 1.54) is 6.42 Å². The van der Waals surface area contributed by atoms with Crippen molar-refractivity contribution >= 4 is 11.6 Å². The topological polar surface area (TPSA) is 32.7 Å². The van der Waals surface area contributed by atoms with Gasteiger partial charge in [0.2, 0.25) is 0 Å². The number of benzene rings is 1. The van der Waals surface area contributed by atoms with Crippen LogP contribution in [0.15, 0.2) is 24.3 Å². The van der Waals surface area contributed by atoms with Crippen molar-refractivity contribution in [3.63, 3.8) is 0 Å². The number of aliphatic hydroxyl groups is 1. The molecule has 118 valence electrons. The van der Waals surface area contributed by atoms with Gasteiger partial charge in [0.1, 0.15) is 0 Å². The summed E-state index contributed by atoms with van der Waals surface area (Å²) in [4.78, 5) is 2.40. The first kappa shape index (κ1) is 16.8. The van der Waals surface area contributed by atoms with Crippen LogP contribution in [-0.4, -0.2) is 42.4 Å². The predicted octanol–water partition coefficient (Wildman–Crippen LogP) is 3.65. The monoisotopic (exact) mass is 311 g/mol. The van der Waals surface area contributed by atoms with E-state index in [1.54, 1.807) is 0 Å². The van der Waals surface area contributed by atoms with Crippen molar-refractivity contribution in [2.24, 2.45) is 0 Å². The van der Waals surface area contributed by atoms with Gasteiger partial charge in [-0.15, -0.1) is 0 Å². The minimum Gasteiger partial charge on any atom is -0.388 e. The van der Waals surface area contributed by atoms with Crippen LogP contribution >= 0.6 is 11.6 Å². The van der Waals surface area contributed by atoms with E-state index in [0.29, 0.717) is 11.1 Å². The maximum absolute atomic E-state index is 10.3. The SMILES string of the molecule is CCCOC1CCCN(CCC(O)c2cccc(Cl)c2)C1. The largest absolute Gasteiger partial charge is 0.388 e. The molecule has 1 fully saturated rings. The Kier molecular flexibility index (Phi) is 6.97. The van der Waals surface area contributed by atoms with Crippen molar-refractivity contribution in [1.82, 2.24) is 4.90 Å². The van der Waals surface area contributed by atoms with E-state index in [2.05, 4.69) is 11.8 Å². The van der Waals surface area contributed by atoms with Gasteiger partial charge >= 0.3 is 0 Å². The van der Waals surface area contributed by atoms with Gasteiger partial charge in [0.15, 0.2) is 0 Å². The quantitative estimate of drug-likeness (QED) is 0.834. The third-order valence-electron chi connectivity index (χ3n) is 3.97. The molecule has 2 atom stereocenters. The van der Waals surface area contributed by atoms with Crippen LogP contribution in [0.2, 0.25) is 5.02 Å². The molecule has 2 unspecified atom stereocenters. The van der Waals surface area contributed by atoms with E-state index in [4.69, 9.17) is 16.3 Å². The molecule has 1 N–H and O–H groups in total. The summed E-state index contributed by atoms with van der Waals surface area (Å²) < 4.78 is 5.85. The lowest BCUT2D eigenvalue weighted by Gasteiger charge is -2.33. The van der Waals surface area contributed by atoms with E-state index in [1.807, 2.05) is 24.3 Å². The highest BCUT2D eigenvalue weighted by Gasteiger charge is 2.20. The molecule has 1 heterocycles. The van der Waals surface area contributed by atoms with Gasteiger partial charge in [0, 0.05) is 24.7 Å². The fraction of sp³-hybridized carbons (Fsp3) is 0.647. The number of halogens is 1. The van der Waals surface area contributed by atoms with Gasteiger partial charge in [-0.3, -0.25) is 0 Å². The Bertz CT molecular complexity index is 427. The second kappa shape index (κ2) is 8.74. The molecule has 3 nitrogen and oxygen atoms in total. The Morgan fingerprint density at radius 3 is 3.10 bits per heavy atom. The highest BCUT2D eigenvalue weighted by Crippen LogP contribution is 2.22.